The average Bonchev–Trinajstić information content (AvgIpc) is 3.09. The number of amides is 1. The van der Waals surface area contributed by atoms with Gasteiger partial charge in [0, 0.05) is 31.5 Å². The molecule has 1 saturated heterocycles. The van der Waals surface area contributed by atoms with Gasteiger partial charge >= 0.3 is 0 Å². The van der Waals surface area contributed by atoms with Crippen LogP contribution in [-0.2, 0) is 16.6 Å². The van der Waals surface area contributed by atoms with Gasteiger partial charge in [0.25, 0.3) is 15.9 Å². The number of sulfonamides is 1. The summed E-state index contributed by atoms with van der Waals surface area (Å²) in [6.45, 7) is 5.18. The fourth-order valence-electron chi connectivity index (χ4n) is 2.99. The number of halogens is 1. The summed E-state index contributed by atoms with van der Waals surface area (Å²) in [6.07, 6.45) is 2.99. The molecular weight excluding hydrogens is 371 g/mol. The predicted octanol–water partition coefficient (Wildman–Crippen LogP) is 2.72. The highest BCUT2D eigenvalue weighted by Crippen LogP contribution is 2.25. The van der Waals surface area contributed by atoms with Crippen LogP contribution in [0.3, 0.4) is 0 Å². The Morgan fingerprint density at radius 2 is 1.89 bits per heavy atom. The largest absolute Gasteiger partial charge is 0.322 e. The topological polar surface area (TPSA) is 84.3 Å². The van der Waals surface area contributed by atoms with Crippen molar-refractivity contribution in [1.82, 2.24) is 14.1 Å². The number of nitrogens with one attached hydrogen (secondary N) is 1. The Bertz CT molecular complexity index is 917. The number of aromatic nitrogens is 2. The number of carbonyl (C=O) groups excluding carboxylic acids is 1. The third-order valence-corrected chi connectivity index (χ3v) is 6.56. The van der Waals surface area contributed by atoms with Gasteiger partial charge in [0.05, 0.1) is 5.56 Å². The highest BCUT2D eigenvalue weighted by Gasteiger charge is 2.34. The molecule has 0 spiro atoms. The van der Waals surface area contributed by atoms with Crippen molar-refractivity contribution in [1.29, 1.82) is 0 Å². The van der Waals surface area contributed by atoms with Crippen molar-refractivity contribution in [3.63, 3.8) is 0 Å². The van der Waals surface area contributed by atoms with Gasteiger partial charge in [-0.05, 0) is 49.9 Å². The molecule has 0 saturated carbocycles. The van der Waals surface area contributed by atoms with Crippen LogP contribution in [0.1, 0.15) is 37.0 Å². The second kappa shape index (κ2) is 7.77. The van der Waals surface area contributed by atoms with E-state index < -0.39 is 21.7 Å². The molecule has 2 heterocycles. The summed E-state index contributed by atoms with van der Waals surface area (Å²) >= 11 is 0. The number of anilines is 1. The summed E-state index contributed by atoms with van der Waals surface area (Å²) in [5, 5.41) is 6.50. The maximum absolute atomic E-state index is 13.1. The van der Waals surface area contributed by atoms with E-state index in [1.165, 1.54) is 39.4 Å². The van der Waals surface area contributed by atoms with E-state index in [4.69, 9.17) is 0 Å². The van der Waals surface area contributed by atoms with Crippen LogP contribution in [0.25, 0.3) is 0 Å². The van der Waals surface area contributed by atoms with E-state index in [0.29, 0.717) is 31.2 Å². The lowest BCUT2D eigenvalue weighted by atomic mass is 10.0. The molecule has 1 aromatic carbocycles. The molecule has 1 amide bonds. The van der Waals surface area contributed by atoms with E-state index in [1.807, 2.05) is 6.92 Å². The molecule has 2 aromatic rings. The Morgan fingerprint density at radius 1 is 1.26 bits per heavy atom. The fourth-order valence-corrected chi connectivity index (χ4v) is 4.56. The molecule has 9 heteroatoms. The molecule has 0 bridgehead atoms. The van der Waals surface area contributed by atoms with Crippen molar-refractivity contribution in [2.75, 3.05) is 18.4 Å². The zero-order valence-electron chi connectivity index (χ0n) is 15.4. The Balaban J connectivity index is 1.90. The maximum Gasteiger partial charge on any atom is 0.263 e. The van der Waals surface area contributed by atoms with E-state index in [0.717, 1.165) is 12.8 Å². The first-order valence-electron chi connectivity index (χ1n) is 8.95. The lowest BCUT2D eigenvalue weighted by Gasteiger charge is -2.28. The zero-order chi connectivity index (χ0) is 19.6. The minimum Gasteiger partial charge on any atom is -0.322 e. The van der Waals surface area contributed by atoms with Gasteiger partial charge in [-0.1, -0.05) is 6.92 Å². The third-order valence-electron chi connectivity index (χ3n) is 4.73. The number of nitrogens with zero attached hydrogens (tertiary/aromatic N) is 3. The van der Waals surface area contributed by atoms with Gasteiger partial charge in [0.15, 0.2) is 0 Å². The number of rotatable bonds is 5. The highest BCUT2D eigenvalue weighted by molar-refractivity contribution is 7.89. The molecule has 0 atom stereocenters. The summed E-state index contributed by atoms with van der Waals surface area (Å²) in [6, 6.07) is 5.27. The molecule has 1 aliphatic heterocycles. The Hall–Kier alpha value is -2.26. The molecule has 0 unspecified atom stereocenters. The highest BCUT2D eigenvalue weighted by atomic mass is 32.2. The number of benzene rings is 1. The first kappa shape index (κ1) is 19.5. The van der Waals surface area contributed by atoms with Crippen LogP contribution < -0.4 is 5.32 Å². The maximum atomic E-state index is 13.1. The molecule has 1 fully saturated rings. The van der Waals surface area contributed by atoms with Gasteiger partial charge in [-0.15, -0.1) is 0 Å². The van der Waals surface area contributed by atoms with Crippen LogP contribution >= 0.6 is 0 Å². The zero-order valence-corrected chi connectivity index (χ0v) is 16.2. The summed E-state index contributed by atoms with van der Waals surface area (Å²) in [7, 11) is -3.87. The molecule has 1 aromatic heterocycles. The molecule has 1 N–H and O–H groups in total. The molecule has 146 valence electrons. The van der Waals surface area contributed by atoms with Gasteiger partial charge < -0.3 is 5.32 Å². The van der Waals surface area contributed by atoms with Gasteiger partial charge in [-0.3, -0.25) is 9.48 Å². The van der Waals surface area contributed by atoms with Crippen molar-refractivity contribution in [2.24, 2.45) is 5.92 Å². The summed E-state index contributed by atoms with van der Waals surface area (Å²) in [5.41, 5.74) is 0.362. The predicted molar refractivity (Wildman–Crippen MR) is 99.4 cm³/mol. The van der Waals surface area contributed by atoms with E-state index in [-0.39, 0.29) is 10.6 Å². The first-order chi connectivity index (χ1) is 12.8. The normalized spacial score (nSPS) is 16.4. The number of hydrogen-bond acceptors (Lipinski definition) is 4. The van der Waals surface area contributed by atoms with Crippen LogP contribution in [0, 0.1) is 11.7 Å². The van der Waals surface area contributed by atoms with E-state index in [1.54, 1.807) is 0 Å². The Labute approximate surface area is 158 Å². The first-order valence-corrected chi connectivity index (χ1v) is 10.4. The van der Waals surface area contributed by atoms with Gasteiger partial charge in [0.1, 0.15) is 5.82 Å². The molecular formula is C18H23FN4O3S. The van der Waals surface area contributed by atoms with E-state index in [9.17, 15) is 17.6 Å². The molecule has 0 aliphatic carbocycles. The molecule has 3 rings (SSSR count). The summed E-state index contributed by atoms with van der Waals surface area (Å²) in [4.78, 5) is 12.7. The smallest absolute Gasteiger partial charge is 0.263 e. The minimum atomic E-state index is -3.87. The molecule has 0 radical (unpaired) electrons. The number of piperidine rings is 1. The van der Waals surface area contributed by atoms with E-state index in [2.05, 4.69) is 17.3 Å². The van der Waals surface area contributed by atoms with Crippen LogP contribution in [-0.4, -0.2) is 41.5 Å². The summed E-state index contributed by atoms with van der Waals surface area (Å²) in [5.74, 6) is -0.537. The number of hydrogen-bond donors (Lipinski definition) is 1. The van der Waals surface area contributed by atoms with Gasteiger partial charge in [-0.2, -0.15) is 9.40 Å². The van der Waals surface area contributed by atoms with Crippen molar-refractivity contribution >= 4 is 21.6 Å². The van der Waals surface area contributed by atoms with Gasteiger partial charge in [-0.25, -0.2) is 12.8 Å². The standard InChI is InChI=1S/C18H23FN4O3S/c1-3-22-12-16(17(24)20-15-6-4-14(19)5-7-15)18(21-22)27(25,26)23-10-8-13(2)9-11-23/h4-7,12-13H,3,8-11H2,1-2H3,(H,20,24). The van der Waals surface area contributed by atoms with Crippen molar-refractivity contribution in [3.8, 4) is 0 Å². The van der Waals surface area contributed by atoms with Crippen LogP contribution in [0.5, 0.6) is 0 Å². The average molecular weight is 394 g/mol. The van der Waals surface area contributed by atoms with E-state index >= 15 is 0 Å². The monoisotopic (exact) mass is 394 g/mol. The van der Waals surface area contributed by atoms with Crippen LogP contribution in [0.15, 0.2) is 35.5 Å². The fraction of sp³-hybridized carbons (Fsp3) is 0.444. The third kappa shape index (κ3) is 4.19. The quantitative estimate of drug-likeness (QED) is 0.845. The van der Waals surface area contributed by atoms with Crippen LogP contribution in [0.4, 0.5) is 10.1 Å². The second-order valence-electron chi connectivity index (χ2n) is 6.75. The SMILES string of the molecule is CCn1cc(C(=O)Nc2ccc(F)cc2)c(S(=O)(=O)N2CCC(C)CC2)n1. The Morgan fingerprint density at radius 3 is 2.48 bits per heavy atom. The molecule has 7 nitrogen and oxygen atoms in total. The molecule has 27 heavy (non-hydrogen) atoms. The lowest BCUT2D eigenvalue weighted by molar-refractivity contribution is 0.102. The van der Waals surface area contributed by atoms with Crippen LogP contribution in [0.2, 0.25) is 0 Å². The van der Waals surface area contributed by atoms with Crippen molar-refractivity contribution in [2.45, 2.75) is 38.3 Å². The van der Waals surface area contributed by atoms with Gasteiger partial charge in [0.2, 0.25) is 5.03 Å². The van der Waals surface area contributed by atoms with Crippen molar-refractivity contribution < 1.29 is 17.6 Å². The second-order valence-corrected chi connectivity index (χ2v) is 8.60. The minimum absolute atomic E-state index is 0.0141. The Kier molecular flexibility index (Phi) is 5.61. The summed E-state index contributed by atoms with van der Waals surface area (Å²) < 4.78 is 42.0. The number of carbonyl (C=O) groups is 1. The van der Waals surface area contributed by atoms with Crippen molar-refractivity contribution in [3.05, 3.63) is 41.8 Å². The number of aryl methyl sites for hydroxylation is 1. The lowest BCUT2D eigenvalue weighted by Crippen LogP contribution is -2.38. The molecule has 1 aliphatic rings.